The number of alkyl halides is 5. The quantitative estimate of drug-likeness (QED) is 0.603. The first-order chi connectivity index (χ1) is 12.7. The lowest BCUT2D eigenvalue weighted by molar-refractivity contribution is -0.307. The lowest BCUT2D eigenvalue weighted by Gasteiger charge is -2.20. The summed E-state index contributed by atoms with van der Waals surface area (Å²) in [4.78, 5) is 10.5. The Morgan fingerprint density at radius 2 is 1.75 bits per heavy atom. The highest BCUT2D eigenvalue weighted by Crippen LogP contribution is 2.52. The second kappa shape index (κ2) is 7.57. The Morgan fingerprint density at radius 3 is 2.25 bits per heavy atom. The van der Waals surface area contributed by atoms with E-state index in [4.69, 9.17) is 39.5 Å². The van der Waals surface area contributed by atoms with Crippen LogP contribution in [0.25, 0.3) is 11.1 Å². The fourth-order valence-corrected chi connectivity index (χ4v) is 3.27. The number of hydrogen-bond acceptors (Lipinski definition) is 3. The molecule has 1 aromatic carbocycles. The molecule has 0 unspecified atom stereocenters. The van der Waals surface area contributed by atoms with Gasteiger partial charge in [0.1, 0.15) is 29.0 Å². The van der Waals surface area contributed by atoms with Crippen LogP contribution in [0.1, 0.15) is 5.69 Å². The van der Waals surface area contributed by atoms with E-state index in [9.17, 15) is 36.2 Å². The Labute approximate surface area is 168 Å². The molecule has 28 heavy (non-hydrogen) atoms. The topological polar surface area (TPSA) is 54.3 Å². The van der Waals surface area contributed by atoms with E-state index < -0.39 is 68.3 Å². The van der Waals surface area contributed by atoms with Crippen LogP contribution < -0.4 is 9.84 Å². The molecule has 0 fully saturated rings. The Bertz CT molecular complexity index is 942. The fourth-order valence-electron chi connectivity index (χ4n) is 2.30. The minimum Gasteiger partial charge on any atom is -0.546 e. The van der Waals surface area contributed by atoms with Crippen molar-refractivity contribution in [2.45, 2.75) is 12.1 Å². The van der Waals surface area contributed by atoms with Crippen LogP contribution in [-0.4, -0.2) is 23.3 Å². The number of carbonyl (C=O) groups excluding carboxylic acids is 1. The van der Waals surface area contributed by atoms with Crippen molar-refractivity contribution in [3.05, 3.63) is 38.8 Å². The number of halogens is 9. The number of aliphatic carboxylic acids is 1. The first-order valence-corrected chi connectivity index (χ1v) is 8.14. The highest BCUT2D eigenvalue weighted by molar-refractivity contribution is 6.40. The molecule has 2 aromatic rings. The standard InChI is InChI=1S/C15H8Cl3F6NO3/c1-25-12(14(20,21)15(22,23)24)11(17)10(13(25)18)5-2-8(28-4-9(26)27)6(16)3-7(5)19/h2-3H,4H2,1H3,(H,26,27)/p-1. The molecule has 4 nitrogen and oxygen atoms in total. The molecule has 0 amide bonds. The predicted molar refractivity (Wildman–Crippen MR) is 86.3 cm³/mol. The molecule has 0 spiro atoms. The van der Waals surface area contributed by atoms with Crippen LogP contribution in [0.5, 0.6) is 5.75 Å². The van der Waals surface area contributed by atoms with Crippen LogP contribution in [-0.2, 0) is 17.8 Å². The molecule has 0 aliphatic heterocycles. The van der Waals surface area contributed by atoms with Crippen molar-refractivity contribution >= 4 is 40.8 Å². The average molecular weight is 470 g/mol. The van der Waals surface area contributed by atoms with Gasteiger partial charge in [0, 0.05) is 18.2 Å². The number of benzene rings is 1. The van der Waals surface area contributed by atoms with Crippen LogP contribution >= 0.6 is 34.8 Å². The van der Waals surface area contributed by atoms with Crippen molar-refractivity contribution in [1.29, 1.82) is 0 Å². The third-order valence-electron chi connectivity index (χ3n) is 3.55. The largest absolute Gasteiger partial charge is 0.546 e. The summed E-state index contributed by atoms with van der Waals surface area (Å²) >= 11 is 17.3. The molecule has 0 saturated carbocycles. The van der Waals surface area contributed by atoms with Gasteiger partial charge in [0.25, 0.3) is 0 Å². The lowest BCUT2D eigenvalue weighted by atomic mass is 10.1. The number of rotatable bonds is 5. The second-order valence-electron chi connectivity index (χ2n) is 5.38. The van der Waals surface area contributed by atoms with E-state index in [1.54, 1.807) is 0 Å². The van der Waals surface area contributed by atoms with Gasteiger partial charge >= 0.3 is 12.1 Å². The smallest absolute Gasteiger partial charge is 0.459 e. The van der Waals surface area contributed by atoms with Crippen LogP contribution in [0.4, 0.5) is 26.3 Å². The fraction of sp³-hybridized carbons (Fsp3) is 0.267. The zero-order valence-electron chi connectivity index (χ0n) is 13.4. The SMILES string of the molecule is Cn1c(Cl)c(-c2cc(OCC(=O)[O-])c(Cl)cc2F)c(Cl)c1C(F)(F)C(F)(F)F. The Hall–Kier alpha value is -1.78. The monoisotopic (exact) mass is 468 g/mol. The Morgan fingerprint density at radius 1 is 1.18 bits per heavy atom. The van der Waals surface area contributed by atoms with Gasteiger partial charge in [-0.25, -0.2) is 4.39 Å². The summed E-state index contributed by atoms with van der Waals surface area (Å²) in [5, 5.41) is 8.20. The number of carbonyl (C=O) groups is 1. The average Bonchev–Trinajstić information content (AvgIpc) is 2.76. The maximum atomic E-state index is 14.3. The summed E-state index contributed by atoms with van der Waals surface area (Å²) in [6.45, 7) is -0.988. The molecule has 0 atom stereocenters. The summed E-state index contributed by atoms with van der Waals surface area (Å²) in [6.07, 6.45) is -6.00. The third kappa shape index (κ3) is 3.85. The van der Waals surface area contributed by atoms with Gasteiger partial charge < -0.3 is 19.2 Å². The number of hydrogen-bond donors (Lipinski definition) is 0. The van der Waals surface area contributed by atoms with Crippen LogP contribution in [0.2, 0.25) is 15.2 Å². The number of ether oxygens (including phenoxy) is 1. The summed E-state index contributed by atoms with van der Waals surface area (Å²) in [5.74, 6) is -8.63. The number of aromatic nitrogens is 1. The molecule has 1 heterocycles. The van der Waals surface area contributed by atoms with E-state index in [0.29, 0.717) is 6.07 Å². The zero-order valence-corrected chi connectivity index (χ0v) is 15.7. The Balaban J connectivity index is 2.72. The highest BCUT2D eigenvalue weighted by Gasteiger charge is 2.61. The van der Waals surface area contributed by atoms with Gasteiger partial charge in [0.2, 0.25) is 0 Å². The van der Waals surface area contributed by atoms with E-state index >= 15 is 0 Å². The Kier molecular flexibility index (Phi) is 6.08. The maximum absolute atomic E-state index is 14.3. The summed E-state index contributed by atoms with van der Waals surface area (Å²) < 4.78 is 85.3. The van der Waals surface area contributed by atoms with Gasteiger partial charge in [-0.2, -0.15) is 22.0 Å². The lowest BCUT2D eigenvalue weighted by Crippen LogP contribution is -2.35. The van der Waals surface area contributed by atoms with E-state index in [-0.39, 0.29) is 4.57 Å². The third-order valence-corrected chi connectivity index (χ3v) is 4.66. The molecule has 0 aliphatic rings. The van der Waals surface area contributed by atoms with E-state index in [1.807, 2.05) is 0 Å². The van der Waals surface area contributed by atoms with Gasteiger partial charge in [-0.1, -0.05) is 34.8 Å². The molecule has 154 valence electrons. The first-order valence-electron chi connectivity index (χ1n) is 7.00. The maximum Gasteiger partial charge on any atom is 0.459 e. The number of carboxylic acids is 1. The van der Waals surface area contributed by atoms with Crippen molar-refractivity contribution in [2.75, 3.05) is 6.61 Å². The van der Waals surface area contributed by atoms with Gasteiger partial charge in [0.15, 0.2) is 0 Å². The zero-order chi connectivity index (χ0) is 21.6. The number of carboxylic acid groups (broad SMARTS) is 1. The van der Waals surface area contributed by atoms with Crippen molar-refractivity contribution in [3.8, 4) is 16.9 Å². The molecule has 0 aliphatic carbocycles. The van der Waals surface area contributed by atoms with Crippen molar-refractivity contribution < 1.29 is 41.0 Å². The van der Waals surface area contributed by atoms with Gasteiger partial charge in [-0.15, -0.1) is 0 Å². The normalized spacial score (nSPS) is 12.4. The van der Waals surface area contributed by atoms with Gasteiger partial charge in [-0.3, -0.25) is 0 Å². The van der Waals surface area contributed by atoms with Gasteiger partial charge in [0.05, 0.1) is 16.0 Å². The summed E-state index contributed by atoms with van der Waals surface area (Å²) in [5.41, 5.74) is -3.02. The summed E-state index contributed by atoms with van der Waals surface area (Å²) in [7, 11) is 0.786. The molecule has 1 aromatic heterocycles. The molecular formula is C15H7Cl3F6NO3-. The van der Waals surface area contributed by atoms with Crippen LogP contribution in [0.3, 0.4) is 0 Å². The van der Waals surface area contributed by atoms with Crippen LogP contribution in [0, 0.1) is 5.82 Å². The second-order valence-corrected chi connectivity index (χ2v) is 6.53. The minimum absolute atomic E-state index is 0.266. The first kappa shape index (κ1) is 22.5. The molecule has 0 saturated heterocycles. The predicted octanol–water partition coefficient (Wildman–Crippen LogP) is 4.57. The highest BCUT2D eigenvalue weighted by atomic mass is 35.5. The van der Waals surface area contributed by atoms with E-state index in [0.717, 1.165) is 13.1 Å². The van der Waals surface area contributed by atoms with Crippen molar-refractivity contribution in [3.63, 3.8) is 0 Å². The van der Waals surface area contributed by atoms with Crippen molar-refractivity contribution in [1.82, 2.24) is 4.57 Å². The molecule has 0 N–H and O–H groups in total. The number of nitrogens with zero attached hydrogens (tertiary/aromatic N) is 1. The summed E-state index contributed by atoms with van der Waals surface area (Å²) in [6, 6.07) is 1.39. The molecule has 13 heteroatoms. The van der Waals surface area contributed by atoms with Crippen LogP contribution in [0.15, 0.2) is 12.1 Å². The molecule has 2 rings (SSSR count). The molecule has 0 bridgehead atoms. The minimum atomic E-state index is -6.00. The van der Waals surface area contributed by atoms with E-state index in [2.05, 4.69) is 0 Å². The van der Waals surface area contributed by atoms with Crippen molar-refractivity contribution in [2.24, 2.45) is 7.05 Å². The van der Waals surface area contributed by atoms with Gasteiger partial charge in [-0.05, 0) is 12.1 Å². The molecule has 0 radical (unpaired) electrons. The molecular weight excluding hydrogens is 463 g/mol. The van der Waals surface area contributed by atoms with E-state index in [1.165, 1.54) is 0 Å².